The van der Waals surface area contributed by atoms with E-state index < -0.39 is 71.7 Å². The van der Waals surface area contributed by atoms with E-state index in [9.17, 15) is 63.9 Å². The zero-order valence-corrected chi connectivity index (χ0v) is 36.5. The highest BCUT2D eigenvalue weighted by atomic mass is 16.4. The molecule has 0 aliphatic rings. The van der Waals surface area contributed by atoms with Crippen LogP contribution in [0.15, 0.2) is 121 Å². The summed E-state index contributed by atoms with van der Waals surface area (Å²) in [4.78, 5) is 106. The first-order valence-electron chi connectivity index (χ1n) is 21.2. The van der Waals surface area contributed by atoms with Crippen LogP contribution in [-0.4, -0.2) is 103 Å². The minimum Gasteiger partial charge on any atom is -0.508 e. The average molecular weight is 915 g/mol. The van der Waals surface area contributed by atoms with Gasteiger partial charge >= 0.3 is 24.0 Å². The van der Waals surface area contributed by atoms with Gasteiger partial charge in [0.15, 0.2) is 0 Å². The summed E-state index contributed by atoms with van der Waals surface area (Å²) in [5.74, 6) is -8.38. The molecule has 4 unspecified atom stereocenters. The van der Waals surface area contributed by atoms with Gasteiger partial charge in [-0.25, -0.2) is 24.1 Å². The molecule has 0 saturated carbocycles. The number of carbonyl (C=O) groups excluding carboxylic acids is 4. The summed E-state index contributed by atoms with van der Waals surface area (Å²) >= 11 is 0. The lowest BCUT2D eigenvalue weighted by Gasteiger charge is -2.21. The maximum atomic E-state index is 14.1. The standard InChI is InChI=1S/C50H50N4O13/c1-3-29(2)42(49(64)65)53-45(58)37-23-34(24-38(28-37)46(59)54(50(66)67)19-18-30-10-6-4-7-11-30)20-33-21-35(43(56)51-40(47(60)61)25-31-12-8-5-9-13-31)27-36(22-33)44(57)52-41(48(62)63)26-32-14-16-39(55)17-15-32/h4-17,21-24,27-29,40-42,55H,3,18-20,25-26H2,1-2H3,(H,51,56)(H,52,57)(H,53,58)(H,60,61)(H,62,63)(H,64,65)(H,66,67). The molecule has 17 nitrogen and oxygen atoms in total. The summed E-state index contributed by atoms with van der Waals surface area (Å²) in [6.45, 7) is 3.11. The normalized spacial score (nSPS) is 12.6. The molecule has 0 spiro atoms. The average Bonchev–Trinajstić information content (AvgIpc) is 3.30. The Bertz CT molecular complexity index is 2620. The Labute approximate surface area is 385 Å². The van der Waals surface area contributed by atoms with Gasteiger partial charge in [0.2, 0.25) is 0 Å². The SMILES string of the molecule is CCC(C)C(NC(=O)c1cc(Cc2cc(C(=O)NC(Cc3ccccc3)C(=O)O)cc(C(=O)NC(Cc3ccc(O)cc3)C(=O)O)c2)cc(C(=O)N(CCc2ccccc2)C(=O)O)c1)C(=O)O. The molecule has 0 aromatic heterocycles. The Kier molecular flexibility index (Phi) is 17.1. The number of aliphatic carboxylic acids is 3. The van der Waals surface area contributed by atoms with E-state index in [1.54, 1.807) is 74.5 Å². The molecule has 348 valence electrons. The molecule has 4 atom stereocenters. The molecule has 5 amide bonds. The monoisotopic (exact) mass is 914 g/mol. The van der Waals surface area contributed by atoms with E-state index >= 15 is 0 Å². The van der Waals surface area contributed by atoms with E-state index in [4.69, 9.17) is 0 Å². The second-order valence-corrected chi connectivity index (χ2v) is 16.0. The number of rotatable bonds is 21. The second kappa shape index (κ2) is 23.0. The quantitative estimate of drug-likeness (QED) is 0.0457. The highest BCUT2D eigenvalue weighted by molar-refractivity contribution is 6.05. The number of carboxylic acids is 3. The third-order valence-corrected chi connectivity index (χ3v) is 11.0. The molecule has 0 radical (unpaired) electrons. The molecule has 0 saturated heterocycles. The molecule has 5 aromatic rings. The zero-order valence-electron chi connectivity index (χ0n) is 36.5. The molecule has 17 heteroatoms. The number of carbonyl (C=O) groups is 8. The lowest BCUT2D eigenvalue weighted by atomic mass is 9.95. The lowest BCUT2D eigenvalue weighted by Crippen LogP contribution is -2.45. The third-order valence-electron chi connectivity index (χ3n) is 11.0. The Morgan fingerprint density at radius 3 is 1.40 bits per heavy atom. The number of phenolic OH excluding ortho intramolecular Hbond substituents is 1. The molecule has 0 aliphatic carbocycles. The highest BCUT2D eigenvalue weighted by Gasteiger charge is 2.29. The summed E-state index contributed by atoms with van der Waals surface area (Å²) in [5, 5.41) is 57.3. The second-order valence-electron chi connectivity index (χ2n) is 16.0. The molecule has 5 rings (SSSR count). The van der Waals surface area contributed by atoms with Crippen molar-refractivity contribution in [2.45, 2.75) is 64.1 Å². The number of amides is 5. The summed E-state index contributed by atoms with van der Waals surface area (Å²) in [7, 11) is 0. The summed E-state index contributed by atoms with van der Waals surface area (Å²) in [5.41, 5.74) is 1.25. The number of hydrogen-bond acceptors (Lipinski definition) is 9. The molecule has 0 fully saturated rings. The Morgan fingerprint density at radius 2 is 0.955 bits per heavy atom. The van der Waals surface area contributed by atoms with Crippen molar-refractivity contribution in [2.75, 3.05) is 6.54 Å². The Balaban J connectivity index is 1.58. The van der Waals surface area contributed by atoms with Crippen molar-refractivity contribution >= 4 is 47.6 Å². The highest BCUT2D eigenvalue weighted by Crippen LogP contribution is 2.22. The van der Waals surface area contributed by atoms with Crippen molar-refractivity contribution in [3.63, 3.8) is 0 Å². The van der Waals surface area contributed by atoms with Crippen LogP contribution in [-0.2, 0) is 40.1 Å². The van der Waals surface area contributed by atoms with Crippen LogP contribution in [0.25, 0.3) is 0 Å². The van der Waals surface area contributed by atoms with E-state index in [2.05, 4.69) is 16.0 Å². The van der Waals surface area contributed by atoms with E-state index in [1.807, 2.05) is 0 Å². The lowest BCUT2D eigenvalue weighted by molar-refractivity contribution is -0.141. The van der Waals surface area contributed by atoms with Crippen molar-refractivity contribution in [2.24, 2.45) is 5.92 Å². The van der Waals surface area contributed by atoms with Crippen molar-refractivity contribution in [3.05, 3.63) is 171 Å². The van der Waals surface area contributed by atoms with E-state index in [0.29, 0.717) is 22.4 Å². The van der Waals surface area contributed by atoms with Gasteiger partial charge in [-0.05, 0) is 95.1 Å². The fourth-order valence-electron chi connectivity index (χ4n) is 7.17. The molecule has 5 aromatic carbocycles. The number of nitrogens with zero attached hydrogens (tertiary/aromatic N) is 1. The summed E-state index contributed by atoms with van der Waals surface area (Å²) < 4.78 is 0. The minimum atomic E-state index is -1.58. The molecule has 8 N–H and O–H groups in total. The number of hydrogen-bond donors (Lipinski definition) is 8. The van der Waals surface area contributed by atoms with Crippen molar-refractivity contribution in [1.29, 1.82) is 0 Å². The van der Waals surface area contributed by atoms with Gasteiger partial charge in [-0.15, -0.1) is 0 Å². The van der Waals surface area contributed by atoms with Crippen LogP contribution in [0.1, 0.15) is 89.5 Å². The number of carboxylic acid groups (broad SMARTS) is 4. The van der Waals surface area contributed by atoms with Crippen LogP contribution < -0.4 is 16.0 Å². The van der Waals surface area contributed by atoms with Gasteiger partial charge in [0, 0.05) is 41.6 Å². The number of aromatic hydroxyl groups is 1. The Morgan fingerprint density at radius 1 is 0.522 bits per heavy atom. The van der Waals surface area contributed by atoms with E-state index in [1.165, 1.54) is 48.5 Å². The predicted octanol–water partition coefficient (Wildman–Crippen LogP) is 5.43. The van der Waals surface area contributed by atoms with Gasteiger partial charge in [0.05, 0.1) is 0 Å². The topological polar surface area (TPSA) is 277 Å². The van der Waals surface area contributed by atoms with Crippen LogP contribution in [0.4, 0.5) is 4.79 Å². The number of nitrogens with one attached hydrogen (secondary N) is 3. The maximum absolute atomic E-state index is 14.1. The summed E-state index contributed by atoms with van der Waals surface area (Å²) in [6.07, 6.45) is -1.58. The van der Waals surface area contributed by atoms with Gasteiger partial charge < -0.3 is 41.5 Å². The number of imide groups is 1. The van der Waals surface area contributed by atoms with Gasteiger partial charge in [-0.2, -0.15) is 0 Å². The molecular weight excluding hydrogens is 865 g/mol. The molecule has 0 bridgehead atoms. The zero-order chi connectivity index (χ0) is 48.8. The smallest absolute Gasteiger partial charge is 0.414 e. The number of benzene rings is 5. The van der Waals surface area contributed by atoms with Crippen molar-refractivity contribution in [3.8, 4) is 5.75 Å². The van der Waals surface area contributed by atoms with Crippen LogP contribution in [0.5, 0.6) is 5.75 Å². The summed E-state index contributed by atoms with van der Waals surface area (Å²) in [6, 6.07) is 26.3. The maximum Gasteiger partial charge on any atom is 0.414 e. The van der Waals surface area contributed by atoms with Crippen LogP contribution >= 0.6 is 0 Å². The Hall–Kier alpha value is -8.34. The molecule has 0 aliphatic heterocycles. The fraction of sp³-hybridized carbons (Fsp3) is 0.240. The van der Waals surface area contributed by atoms with E-state index in [0.717, 1.165) is 17.7 Å². The molecular formula is C50H50N4O13. The first-order valence-corrected chi connectivity index (χ1v) is 21.2. The van der Waals surface area contributed by atoms with Crippen LogP contribution in [0.3, 0.4) is 0 Å². The number of phenols is 1. The fourth-order valence-corrected chi connectivity index (χ4v) is 7.17. The van der Waals surface area contributed by atoms with Gasteiger partial charge in [0.25, 0.3) is 23.6 Å². The molecule has 0 heterocycles. The predicted molar refractivity (Wildman–Crippen MR) is 243 cm³/mol. The van der Waals surface area contributed by atoms with Crippen molar-refractivity contribution in [1.82, 2.24) is 20.9 Å². The van der Waals surface area contributed by atoms with Gasteiger partial charge in [0.1, 0.15) is 23.9 Å². The van der Waals surface area contributed by atoms with E-state index in [-0.39, 0.29) is 71.4 Å². The largest absolute Gasteiger partial charge is 0.508 e. The van der Waals surface area contributed by atoms with Crippen molar-refractivity contribution < 1.29 is 63.9 Å². The first-order chi connectivity index (χ1) is 31.9. The van der Waals surface area contributed by atoms with Crippen LogP contribution in [0, 0.1) is 5.92 Å². The van der Waals surface area contributed by atoms with Gasteiger partial charge in [-0.1, -0.05) is 93.1 Å². The third kappa shape index (κ3) is 14.1. The first kappa shape index (κ1) is 49.7. The van der Waals surface area contributed by atoms with Gasteiger partial charge in [-0.3, -0.25) is 19.2 Å². The minimum absolute atomic E-state index is 0.0587. The molecule has 67 heavy (non-hydrogen) atoms. The van der Waals surface area contributed by atoms with Crippen LogP contribution in [0.2, 0.25) is 0 Å².